The third-order valence-corrected chi connectivity index (χ3v) is 7.16. The number of carboxylic acid groups (broad SMARTS) is 1. The van der Waals surface area contributed by atoms with Gasteiger partial charge in [0.2, 0.25) is 0 Å². The van der Waals surface area contributed by atoms with Crippen molar-refractivity contribution in [2.75, 3.05) is 25.2 Å². The zero-order valence-electron chi connectivity index (χ0n) is 21.6. The summed E-state index contributed by atoms with van der Waals surface area (Å²) in [6, 6.07) is 10.9. The van der Waals surface area contributed by atoms with Crippen molar-refractivity contribution in [3.8, 4) is 11.5 Å². The molecule has 0 aromatic heterocycles. The van der Waals surface area contributed by atoms with Gasteiger partial charge in [0.1, 0.15) is 11.5 Å². The van der Waals surface area contributed by atoms with Gasteiger partial charge >= 0.3 is 6.18 Å². The summed E-state index contributed by atoms with van der Waals surface area (Å²) in [4.78, 5) is 14.9. The summed E-state index contributed by atoms with van der Waals surface area (Å²) >= 11 is 6.44. The fourth-order valence-electron chi connectivity index (χ4n) is 5.45. The predicted molar refractivity (Wildman–Crippen MR) is 141 cm³/mol. The number of carbonyl (C=O) groups is 1. The first-order valence-corrected chi connectivity index (χ1v) is 12.7. The number of hydrogen-bond acceptors (Lipinski definition) is 5. The minimum absolute atomic E-state index is 0.0643. The standard InChI is InChI=1S/C26H26ClF3N2O2.C2H4O2/c1-4-34-24-17(6-5-7-21(24)33-3)23-18-10-15(18)11-22-31-13-14(2)25(26(28,29)30)32(22)20-9-8-16(27)12-19(20)23;1-2(3)4/h5-9,12,15,18,23H,4,10-11,13H2,1-3H3;1H3,(H,3,4). The quantitative estimate of drug-likeness (QED) is 0.441. The second-order valence-corrected chi connectivity index (χ2v) is 10.0. The van der Waals surface area contributed by atoms with Crippen LogP contribution in [0.4, 0.5) is 18.9 Å². The number of amidine groups is 1. The van der Waals surface area contributed by atoms with Crippen molar-refractivity contribution in [2.45, 2.75) is 45.7 Å². The van der Waals surface area contributed by atoms with Crippen molar-refractivity contribution < 1.29 is 32.5 Å². The van der Waals surface area contributed by atoms with Gasteiger partial charge in [-0.05, 0) is 67.5 Å². The average molecular weight is 551 g/mol. The molecule has 38 heavy (non-hydrogen) atoms. The van der Waals surface area contributed by atoms with Gasteiger partial charge in [-0.3, -0.25) is 14.7 Å². The molecule has 0 amide bonds. The van der Waals surface area contributed by atoms with Gasteiger partial charge < -0.3 is 14.6 Å². The van der Waals surface area contributed by atoms with E-state index < -0.39 is 17.8 Å². The highest BCUT2D eigenvalue weighted by molar-refractivity contribution is 6.30. The molecule has 10 heteroatoms. The summed E-state index contributed by atoms with van der Waals surface area (Å²) in [6.45, 7) is 5.00. The van der Waals surface area contributed by atoms with Gasteiger partial charge in [0.15, 0.2) is 11.5 Å². The first-order valence-electron chi connectivity index (χ1n) is 12.4. The second-order valence-electron chi connectivity index (χ2n) is 9.57. The minimum atomic E-state index is -4.51. The molecule has 1 aliphatic carbocycles. The van der Waals surface area contributed by atoms with Crippen LogP contribution in [0.3, 0.4) is 0 Å². The maximum atomic E-state index is 14.3. The smallest absolute Gasteiger partial charge is 0.431 e. The number of ether oxygens (including phenoxy) is 2. The summed E-state index contributed by atoms with van der Waals surface area (Å²) in [5.74, 6) is 1.16. The first-order chi connectivity index (χ1) is 18.0. The molecule has 1 fully saturated rings. The van der Waals surface area contributed by atoms with Gasteiger partial charge in [-0.2, -0.15) is 13.2 Å². The summed E-state index contributed by atoms with van der Waals surface area (Å²) in [7, 11) is 1.59. The Morgan fingerprint density at radius 3 is 2.58 bits per heavy atom. The van der Waals surface area contributed by atoms with Crippen molar-refractivity contribution >= 4 is 29.1 Å². The molecule has 5 rings (SSSR count). The van der Waals surface area contributed by atoms with E-state index in [4.69, 9.17) is 31.0 Å². The van der Waals surface area contributed by atoms with Gasteiger partial charge in [0, 0.05) is 29.8 Å². The molecule has 0 radical (unpaired) electrons. The summed E-state index contributed by atoms with van der Waals surface area (Å²) < 4.78 is 54.6. The third-order valence-electron chi connectivity index (χ3n) is 6.92. The van der Waals surface area contributed by atoms with Crippen molar-refractivity contribution in [1.29, 1.82) is 0 Å². The highest BCUT2D eigenvalue weighted by Crippen LogP contribution is 2.59. The Hall–Kier alpha value is -3.20. The number of aliphatic imine (C=N–C) groups is 1. The fraction of sp³-hybridized carbons (Fsp3) is 0.429. The number of anilines is 1. The number of hydrogen-bond donors (Lipinski definition) is 1. The Labute approximate surface area is 224 Å². The van der Waals surface area contributed by atoms with E-state index >= 15 is 0 Å². The van der Waals surface area contributed by atoms with E-state index in [9.17, 15) is 13.2 Å². The lowest BCUT2D eigenvalue weighted by molar-refractivity contribution is -0.134. The Morgan fingerprint density at radius 1 is 1.24 bits per heavy atom. The highest BCUT2D eigenvalue weighted by Gasteiger charge is 2.52. The molecule has 3 unspecified atom stereocenters. The Kier molecular flexibility index (Phi) is 7.97. The molecule has 3 aliphatic rings. The van der Waals surface area contributed by atoms with Crippen LogP contribution in [0.25, 0.3) is 0 Å². The monoisotopic (exact) mass is 550 g/mol. The largest absolute Gasteiger partial charge is 0.493 e. The van der Waals surface area contributed by atoms with Crippen LogP contribution in [0.15, 0.2) is 52.7 Å². The van der Waals surface area contributed by atoms with Crippen LogP contribution < -0.4 is 14.4 Å². The topological polar surface area (TPSA) is 71.4 Å². The summed E-state index contributed by atoms with van der Waals surface area (Å²) in [5, 5.41) is 7.90. The van der Waals surface area contributed by atoms with E-state index in [-0.39, 0.29) is 29.9 Å². The summed E-state index contributed by atoms with van der Waals surface area (Å²) in [6.07, 6.45) is -3.10. The first kappa shape index (κ1) is 27.8. The van der Waals surface area contributed by atoms with Gasteiger partial charge in [-0.1, -0.05) is 23.7 Å². The molecule has 6 nitrogen and oxygen atoms in total. The number of benzene rings is 2. The number of carboxylic acids is 1. The van der Waals surface area contributed by atoms with Crippen LogP contribution in [-0.4, -0.2) is 43.3 Å². The molecule has 2 aromatic rings. The van der Waals surface area contributed by atoms with Crippen LogP contribution in [0.2, 0.25) is 5.02 Å². The molecular formula is C28H30ClF3N2O4. The van der Waals surface area contributed by atoms with Gasteiger partial charge in [0.05, 0.1) is 25.9 Å². The van der Waals surface area contributed by atoms with E-state index in [0.717, 1.165) is 24.5 Å². The van der Waals surface area contributed by atoms with Crippen molar-refractivity contribution in [1.82, 2.24) is 0 Å². The minimum Gasteiger partial charge on any atom is -0.493 e. The Morgan fingerprint density at radius 2 is 1.95 bits per heavy atom. The van der Waals surface area contributed by atoms with Crippen LogP contribution in [0.1, 0.15) is 50.7 Å². The van der Waals surface area contributed by atoms with Crippen LogP contribution in [-0.2, 0) is 4.79 Å². The number of nitrogens with zero attached hydrogens (tertiary/aromatic N) is 2. The Bertz CT molecular complexity index is 1290. The number of para-hydroxylation sites is 1. The van der Waals surface area contributed by atoms with Gasteiger partial charge in [-0.25, -0.2) is 0 Å². The molecule has 0 saturated heterocycles. The van der Waals surface area contributed by atoms with E-state index in [1.807, 2.05) is 25.1 Å². The zero-order valence-corrected chi connectivity index (χ0v) is 22.4. The maximum absolute atomic E-state index is 14.3. The number of fused-ring (bicyclic) bond motifs is 4. The molecule has 0 spiro atoms. The number of halogens is 4. The molecule has 2 aliphatic heterocycles. The van der Waals surface area contributed by atoms with Gasteiger partial charge in [0.25, 0.3) is 5.97 Å². The van der Waals surface area contributed by atoms with Crippen molar-refractivity contribution in [3.63, 3.8) is 0 Å². The van der Waals surface area contributed by atoms with E-state index in [1.165, 1.54) is 11.8 Å². The second kappa shape index (κ2) is 10.9. The number of methoxy groups -OCH3 is 1. The van der Waals surface area contributed by atoms with Crippen LogP contribution in [0, 0.1) is 11.8 Å². The fourth-order valence-corrected chi connectivity index (χ4v) is 5.63. The maximum Gasteiger partial charge on any atom is 0.431 e. The zero-order chi connectivity index (χ0) is 27.8. The average Bonchev–Trinajstić information content (AvgIpc) is 3.57. The number of rotatable bonds is 4. The van der Waals surface area contributed by atoms with Gasteiger partial charge in [-0.15, -0.1) is 0 Å². The normalized spacial score (nSPS) is 21.9. The SMILES string of the molecule is CC(=O)O.CCOc1c(OC)cccc1C1c2cc(Cl)ccc2N2C(=NCC(C)=C2C(F)(F)F)CC2CC21. The van der Waals surface area contributed by atoms with Crippen LogP contribution >= 0.6 is 11.6 Å². The molecule has 204 valence electrons. The lowest BCUT2D eigenvalue weighted by atomic mass is 9.82. The van der Waals surface area contributed by atoms with E-state index in [0.29, 0.717) is 41.1 Å². The predicted octanol–water partition coefficient (Wildman–Crippen LogP) is 7.06. The lowest BCUT2D eigenvalue weighted by Crippen LogP contribution is -2.42. The molecule has 1 N–H and O–H groups in total. The molecule has 0 bridgehead atoms. The lowest BCUT2D eigenvalue weighted by Gasteiger charge is -2.38. The molecule has 3 atom stereocenters. The molecule has 1 saturated carbocycles. The molecule has 2 heterocycles. The highest BCUT2D eigenvalue weighted by atomic mass is 35.5. The Balaban J connectivity index is 0.000000786. The summed E-state index contributed by atoms with van der Waals surface area (Å²) in [5.41, 5.74) is 1.68. The van der Waals surface area contributed by atoms with Crippen LogP contribution in [0.5, 0.6) is 11.5 Å². The van der Waals surface area contributed by atoms with E-state index in [2.05, 4.69) is 4.99 Å². The van der Waals surface area contributed by atoms with E-state index in [1.54, 1.807) is 25.3 Å². The number of aliphatic carboxylic acids is 1. The van der Waals surface area contributed by atoms with Crippen molar-refractivity contribution in [3.05, 3.63) is 63.8 Å². The molecule has 2 aromatic carbocycles. The molecular weight excluding hydrogens is 521 g/mol. The number of alkyl halides is 3. The third kappa shape index (κ3) is 5.48. The number of allylic oxidation sites excluding steroid dienone is 1. The van der Waals surface area contributed by atoms with Crippen molar-refractivity contribution in [2.24, 2.45) is 16.8 Å².